The quantitative estimate of drug-likeness (QED) is 0.341. The van der Waals surface area contributed by atoms with Gasteiger partial charge in [-0.2, -0.15) is 0 Å². The lowest BCUT2D eigenvalue weighted by Crippen LogP contribution is -2.29. The molecule has 0 heterocycles. The number of hydrogen-bond donors (Lipinski definition) is 1. The Morgan fingerprint density at radius 3 is 1.84 bits per heavy atom. The second-order valence-corrected chi connectivity index (χ2v) is 9.38. The Morgan fingerprint density at radius 2 is 1.35 bits per heavy atom. The molecule has 0 spiro atoms. The number of hydrogen-bond acceptors (Lipinski definition) is 4. The van der Waals surface area contributed by atoms with Crippen molar-refractivity contribution >= 4 is 23.2 Å². The SMILES string of the molecule is COc1cc(-c2cc(C)c(-c3ccc(N(CC=C(C)C)C(C)=O)c(OC)c3)cc2C)ccc1NC(C)=O. The van der Waals surface area contributed by atoms with Crippen molar-refractivity contribution in [3.8, 4) is 33.8 Å². The minimum absolute atomic E-state index is 0.0418. The molecule has 0 bridgehead atoms. The van der Waals surface area contributed by atoms with E-state index in [-0.39, 0.29) is 11.8 Å². The highest BCUT2D eigenvalue weighted by Gasteiger charge is 2.18. The predicted molar refractivity (Wildman–Crippen MR) is 152 cm³/mol. The van der Waals surface area contributed by atoms with Gasteiger partial charge in [-0.25, -0.2) is 0 Å². The van der Waals surface area contributed by atoms with Gasteiger partial charge in [0.05, 0.1) is 25.6 Å². The second kappa shape index (κ2) is 11.8. The Hall–Kier alpha value is -4.06. The summed E-state index contributed by atoms with van der Waals surface area (Å²) < 4.78 is 11.2. The third-order valence-corrected chi connectivity index (χ3v) is 6.24. The zero-order valence-corrected chi connectivity index (χ0v) is 23.0. The number of amides is 2. The van der Waals surface area contributed by atoms with Crippen molar-refractivity contribution in [1.29, 1.82) is 0 Å². The number of carbonyl (C=O) groups is 2. The van der Waals surface area contributed by atoms with Crippen molar-refractivity contribution in [3.63, 3.8) is 0 Å². The summed E-state index contributed by atoms with van der Waals surface area (Å²) >= 11 is 0. The van der Waals surface area contributed by atoms with Crippen LogP contribution in [0, 0.1) is 13.8 Å². The third-order valence-electron chi connectivity index (χ3n) is 6.24. The van der Waals surface area contributed by atoms with E-state index in [0.29, 0.717) is 23.7 Å². The van der Waals surface area contributed by atoms with Crippen LogP contribution in [0.2, 0.25) is 0 Å². The number of anilines is 2. The first-order valence-corrected chi connectivity index (χ1v) is 12.2. The van der Waals surface area contributed by atoms with Gasteiger partial charge in [0, 0.05) is 20.4 Å². The molecule has 194 valence electrons. The molecule has 0 aliphatic carbocycles. The molecular formula is C31H36N2O4. The van der Waals surface area contributed by atoms with Crippen molar-refractivity contribution in [2.24, 2.45) is 0 Å². The van der Waals surface area contributed by atoms with Crippen LogP contribution in [0.1, 0.15) is 38.8 Å². The van der Waals surface area contributed by atoms with E-state index < -0.39 is 0 Å². The maximum atomic E-state index is 12.4. The maximum absolute atomic E-state index is 12.4. The molecule has 0 aliphatic rings. The van der Waals surface area contributed by atoms with Gasteiger partial charge in [-0.15, -0.1) is 0 Å². The molecule has 37 heavy (non-hydrogen) atoms. The lowest BCUT2D eigenvalue weighted by molar-refractivity contribution is -0.116. The summed E-state index contributed by atoms with van der Waals surface area (Å²) in [5.74, 6) is 1.07. The molecule has 2 amide bonds. The molecule has 0 unspecified atom stereocenters. The van der Waals surface area contributed by atoms with Crippen LogP contribution in [-0.4, -0.2) is 32.6 Å². The van der Waals surface area contributed by atoms with E-state index in [9.17, 15) is 9.59 Å². The number of ether oxygens (including phenoxy) is 2. The van der Waals surface area contributed by atoms with Crippen LogP contribution in [0.5, 0.6) is 11.5 Å². The fourth-order valence-electron chi connectivity index (χ4n) is 4.33. The Labute approximate surface area is 219 Å². The van der Waals surface area contributed by atoms with Gasteiger partial charge in [0.2, 0.25) is 11.8 Å². The van der Waals surface area contributed by atoms with Crippen LogP contribution in [0.3, 0.4) is 0 Å². The van der Waals surface area contributed by atoms with Gasteiger partial charge >= 0.3 is 0 Å². The van der Waals surface area contributed by atoms with Gasteiger partial charge in [-0.3, -0.25) is 9.59 Å². The molecule has 0 atom stereocenters. The van der Waals surface area contributed by atoms with E-state index in [0.717, 1.165) is 44.6 Å². The zero-order valence-electron chi connectivity index (χ0n) is 23.0. The molecule has 0 radical (unpaired) electrons. The minimum atomic E-state index is -0.146. The number of methoxy groups -OCH3 is 2. The Kier molecular flexibility index (Phi) is 8.77. The molecule has 0 aliphatic heterocycles. The van der Waals surface area contributed by atoms with Crippen molar-refractivity contribution < 1.29 is 19.1 Å². The number of nitrogens with zero attached hydrogens (tertiary/aromatic N) is 1. The second-order valence-electron chi connectivity index (χ2n) is 9.38. The Morgan fingerprint density at radius 1 is 0.811 bits per heavy atom. The van der Waals surface area contributed by atoms with Crippen molar-refractivity contribution in [2.45, 2.75) is 41.5 Å². The number of rotatable bonds is 8. The van der Waals surface area contributed by atoms with E-state index in [2.05, 4.69) is 31.3 Å². The first-order valence-electron chi connectivity index (χ1n) is 12.2. The molecule has 0 fully saturated rings. The van der Waals surface area contributed by atoms with E-state index in [4.69, 9.17) is 9.47 Å². The molecule has 3 aromatic carbocycles. The number of allylic oxidation sites excluding steroid dienone is 1. The fourth-order valence-corrected chi connectivity index (χ4v) is 4.33. The molecule has 0 aromatic heterocycles. The minimum Gasteiger partial charge on any atom is -0.495 e. The van der Waals surface area contributed by atoms with Crippen LogP contribution in [0.15, 0.2) is 60.2 Å². The summed E-state index contributed by atoms with van der Waals surface area (Å²) in [4.78, 5) is 25.6. The number of carbonyl (C=O) groups excluding carboxylic acids is 2. The van der Waals surface area contributed by atoms with Crippen LogP contribution < -0.4 is 19.7 Å². The summed E-state index contributed by atoms with van der Waals surface area (Å²) in [6, 6.07) is 16.1. The summed E-state index contributed by atoms with van der Waals surface area (Å²) in [6.45, 7) is 11.7. The van der Waals surface area contributed by atoms with Crippen molar-refractivity contribution in [3.05, 3.63) is 71.3 Å². The van der Waals surface area contributed by atoms with Crippen LogP contribution >= 0.6 is 0 Å². The summed E-state index contributed by atoms with van der Waals surface area (Å²) in [5.41, 5.74) is 8.93. The average Bonchev–Trinajstić information content (AvgIpc) is 2.85. The monoisotopic (exact) mass is 500 g/mol. The van der Waals surface area contributed by atoms with Crippen molar-refractivity contribution in [1.82, 2.24) is 0 Å². The smallest absolute Gasteiger partial charge is 0.224 e. The normalized spacial score (nSPS) is 10.5. The molecule has 6 nitrogen and oxygen atoms in total. The van der Waals surface area contributed by atoms with Crippen LogP contribution in [0.4, 0.5) is 11.4 Å². The largest absolute Gasteiger partial charge is 0.495 e. The van der Waals surface area contributed by atoms with E-state index in [1.54, 1.807) is 26.0 Å². The topological polar surface area (TPSA) is 67.9 Å². The summed E-state index contributed by atoms with van der Waals surface area (Å²) in [7, 11) is 3.22. The number of nitrogens with one attached hydrogen (secondary N) is 1. The van der Waals surface area contributed by atoms with Crippen molar-refractivity contribution in [2.75, 3.05) is 31.0 Å². The van der Waals surface area contributed by atoms with Crippen LogP contribution in [-0.2, 0) is 9.59 Å². The summed E-state index contributed by atoms with van der Waals surface area (Å²) in [6.07, 6.45) is 2.03. The van der Waals surface area contributed by atoms with E-state index in [1.807, 2.05) is 56.3 Å². The van der Waals surface area contributed by atoms with Crippen LogP contribution in [0.25, 0.3) is 22.3 Å². The number of aryl methyl sites for hydroxylation is 2. The lowest BCUT2D eigenvalue weighted by atomic mass is 9.91. The Balaban J connectivity index is 2.02. The predicted octanol–water partition coefficient (Wildman–Crippen LogP) is 6.93. The average molecular weight is 501 g/mol. The van der Waals surface area contributed by atoms with E-state index in [1.165, 1.54) is 6.92 Å². The fraction of sp³-hybridized carbons (Fsp3) is 0.290. The van der Waals surface area contributed by atoms with E-state index >= 15 is 0 Å². The first-order chi connectivity index (χ1) is 17.5. The standard InChI is InChI=1S/C31H36N2O4/c1-19(2)13-14-33(23(6)35)29-12-10-25(18-31(29)37-8)27-16-20(3)26(15-21(27)4)24-9-11-28(32-22(5)34)30(17-24)36-7/h9-13,15-18H,14H2,1-8H3,(H,32,34). The maximum Gasteiger partial charge on any atom is 0.224 e. The van der Waals surface area contributed by atoms with Gasteiger partial charge < -0.3 is 19.7 Å². The highest BCUT2D eigenvalue weighted by molar-refractivity contribution is 5.94. The third kappa shape index (κ3) is 6.39. The molecule has 3 aromatic rings. The molecule has 6 heteroatoms. The molecular weight excluding hydrogens is 464 g/mol. The number of benzene rings is 3. The molecule has 0 saturated heterocycles. The highest BCUT2D eigenvalue weighted by atomic mass is 16.5. The van der Waals surface area contributed by atoms with Gasteiger partial charge in [0.15, 0.2) is 0 Å². The molecule has 1 N–H and O–H groups in total. The highest BCUT2D eigenvalue weighted by Crippen LogP contribution is 2.38. The van der Waals surface area contributed by atoms with Gasteiger partial charge in [0.1, 0.15) is 11.5 Å². The molecule has 3 rings (SSSR count). The first kappa shape index (κ1) is 27.5. The van der Waals surface area contributed by atoms with Gasteiger partial charge in [-0.1, -0.05) is 35.9 Å². The van der Waals surface area contributed by atoms with Gasteiger partial charge in [0.25, 0.3) is 0 Å². The Bertz CT molecular complexity index is 1350. The van der Waals surface area contributed by atoms with Gasteiger partial charge in [-0.05, 0) is 85.3 Å². The lowest BCUT2D eigenvalue weighted by Gasteiger charge is -2.23. The molecule has 0 saturated carbocycles. The zero-order chi connectivity index (χ0) is 27.3. The summed E-state index contributed by atoms with van der Waals surface area (Å²) in [5, 5.41) is 2.80.